The molecular formula is C26H33N3O4S. The van der Waals surface area contributed by atoms with E-state index in [1.54, 1.807) is 31.2 Å². The summed E-state index contributed by atoms with van der Waals surface area (Å²) in [5.41, 5.74) is 2.09. The van der Waals surface area contributed by atoms with Crippen LogP contribution < -0.4 is 10.2 Å². The lowest BCUT2D eigenvalue weighted by Crippen LogP contribution is -2.70. The van der Waals surface area contributed by atoms with Crippen LogP contribution in [0.1, 0.15) is 49.3 Å². The van der Waals surface area contributed by atoms with Crippen LogP contribution in [-0.4, -0.2) is 49.2 Å². The molecule has 1 atom stereocenters. The number of aryl methyl sites for hydroxylation is 3. The molecule has 2 aliphatic rings. The summed E-state index contributed by atoms with van der Waals surface area (Å²) in [6, 6.07) is 12.3. The standard InChI is InChI=1S/C26H33N3O4S/c1-18-9-12-22(13-10-18)34(32,33)28-16-24(30)29(23-14-11-19(2)15-20(23)3)26(4,17-28)25(31)27-21-7-5-6-8-21/h9-15,21H,5-8,16-17H2,1-4H3,(H,27,31)/t26-/m0/s1. The maximum absolute atomic E-state index is 13.7. The fraction of sp³-hybridized carbons (Fsp3) is 0.462. The van der Waals surface area contributed by atoms with E-state index < -0.39 is 21.5 Å². The van der Waals surface area contributed by atoms with E-state index in [4.69, 9.17) is 0 Å². The van der Waals surface area contributed by atoms with Crippen molar-refractivity contribution in [2.24, 2.45) is 0 Å². The van der Waals surface area contributed by atoms with Crippen LogP contribution in [0.5, 0.6) is 0 Å². The Morgan fingerprint density at radius 2 is 1.62 bits per heavy atom. The molecule has 2 aromatic rings. The summed E-state index contributed by atoms with van der Waals surface area (Å²) in [5.74, 6) is -0.741. The third-order valence-corrected chi connectivity index (χ3v) is 8.78. The van der Waals surface area contributed by atoms with Gasteiger partial charge in [-0.25, -0.2) is 8.42 Å². The van der Waals surface area contributed by atoms with Crippen molar-refractivity contribution in [1.82, 2.24) is 9.62 Å². The van der Waals surface area contributed by atoms with E-state index in [-0.39, 0.29) is 29.9 Å². The van der Waals surface area contributed by atoms with Gasteiger partial charge in [0.1, 0.15) is 5.54 Å². The van der Waals surface area contributed by atoms with Gasteiger partial charge >= 0.3 is 0 Å². The molecule has 0 aromatic heterocycles. The number of carbonyl (C=O) groups is 2. The van der Waals surface area contributed by atoms with Crippen molar-refractivity contribution in [3.63, 3.8) is 0 Å². The van der Waals surface area contributed by atoms with Crippen LogP contribution in [0.15, 0.2) is 47.4 Å². The normalized spacial score (nSPS) is 22.2. The Labute approximate surface area is 202 Å². The minimum absolute atomic E-state index is 0.0458. The number of benzene rings is 2. The monoisotopic (exact) mass is 483 g/mol. The van der Waals surface area contributed by atoms with Gasteiger partial charge in [-0.3, -0.25) is 14.5 Å². The first-order valence-corrected chi connectivity index (χ1v) is 13.2. The summed E-state index contributed by atoms with van der Waals surface area (Å²) in [6.07, 6.45) is 3.89. The quantitative estimate of drug-likeness (QED) is 0.706. The summed E-state index contributed by atoms with van der Waals surface area (Å²) in [4.78, 5) is 28.9. The van der Waals surface area contributed by atoms with Gasteiger partial charge in [0.25, 0.3) is 0 Å². The van der Waals surface area contributed by atoms with Crippen LogP contribution in [0.3, 0.4) is 0 Å². The molecule has 2 aromatic carbocycles. The summed E-state index contributed by atoms with van der Waals surface area (Å²) in [7, 11) is -3.96. The Balaban J connectivity index is 1.75. The zero-order valence-electron chi connectivity index (χ0n) is 20.3. The van der Waals surface area contributed by atoms with E-state index in [0.717, 1.165) is 46.7 Å². The van der Waals surface area contributed by atoms with Gasteiger partial charge in [-0.1, -0.05) is 48.2 Å². The second-order valence-corrected chi connectivity index (χ2v) is 11.8. The molecule has 1 aliphatic heterocycles. The smallest absolute Gasteiger partial charge is 0.247 e. The Kier molecular flexibility index (Phi) is 6.57. The molecule has 34 heavy (non-hydrogen) atoms. The van der Waals surface area contributed by atoms with Crippen molar-refractivity contribution in [3.05, 3.63) is 59.2 Å². The van der Waals surface area contributed by atoms with Crippen molar-refractivity contribution in [1.29, 1.82) is 0 Å². The van der Waals surface area contributed by atoms with Crippen molar-refractivity contribution in [2.45, 2.75) is 69.9 Å². The second-order valence-electron chi connectivity index (χ2n) is 9.83. The second kappa shape index (κ2) is 9.15. The van der Waals surface area contributed by atoms with Crippen molar-refractivity contribution in [2.75, 3.05) is 18.0 Å². The number of piperazine rings is 1. The van der Waals surface area contributed by atoms with Gasteiger partial charge in [0.2, 0.25) is 21.8 Å². The lowest BCUT2D eigenvalue weighted by Gasteiger charge is -2.47. The van der Waals surface area contributed by atoms with Crippen LogP contribution in [0.4, 0.5) is 5.69 Å². The van der Waals surface area contributed by atoms with Gasteiger partial charge in [-0.05, 0) is 64.3 Å². The van der Waals surface area contributed by atoms with E-state index in [0.29, 0.717) is 5.69 Å². The molecule has 0 bridgehead atoms. The zero-order chi connectivity index (χ0) is 24.7. The molecule has 2 fully saturated rings. The topological polar surface area (TPSA) is 86.8 Å². The number of carbonyl (C=O) groups excluding carboxylic acids is 2. The van der Waals surface area contributed by atoms with Gasteiger partial charge in [0.15, 0.2) is 0 Å². The molecule has 1 saturated carbocycles. The number of nitrogens with one attached hydrogen (secondary N) is 1. The minimum atomic E-state index is -3.96. The molecule has 0 spiro atoms. The molecule has 1 heterocycles. The molecule has 1 aliphatic carbocycles. The SMILES string of the molecule is Cc1ccc(S(=O)(=O)N2CC(=O)N(c3ccc(C)cc3C)[C@](C)(C(=O)NC3CCCC3)C2)cc1. The fourth-order valence-corrected chi connectivity index (χ4v) is 6.52. The Hall–Kier alpha value is -2.71. The molecule has 0 unspecified atom stereocenters. The molecule has 1 N–H and O–H groups in total. The van der Waals surface area contributed by atoms with Crippen molar-refractivity contribution < 1.29 is 18.0 Å². The van der Waals surface area contributed by atoms with Crippen LogP contribution in [0, 0.1) is 20.8 Å². The maximum atomic E-state index is 13.7. The van der Waals surface area contributed by atoms with E-state index in [1.807, 2.05) is 39.0 Å². The van der Waals surface area contributed by atoms with E-state index in [9.17, 15) is 18.0 Å². The van der Waals surface area contributed by atoms with Crippen LogP contribution in [0.2, 0.25) is 0 Å². The maximum Gasteiger partial charge on any atom is 0.247 e. The number of sulfonamides is 1. The average molecular weight is 484 g/mol. The highest BCUT2D eigenvalue weighted by Crippen LogP contribution is 2.35. The molecule has 8 heteroatoms. The molecule has 4 rings (SSSR count). The first-order chi connectivity index (χ1) is 16.0. The molecule has 1 saturated heterocycles. The van der Waals surface area contributed by atoms with Gasteiger partial charge in [-0.15, -0.1) is 0 Å². The van der Waals surface area contributed by atoms with E-state index >= 15 is 0 Å². The number of anilines is 1. The highest BCUT2D eigenvalue weighted by Gasteiger charge is 2.51. The number of hydrogen-bond acceptors (Lipinski definition) is 4. The summed E-state index contributed by atoms with van der Waals surface area (Å²) in [6.45, 7) is 6.98. The van der Waals surface area contributed by atoms with E-state index in [2.05, 4.69) is 5.32 Å². The fourth-order valence-electron chi connectivity index (χ4n) is 5.04. The van der Waals surface area contributed by atoms with Crippen LogP contribution >= 0.6 is 0 Å². The Morgan fingerprint density at radius 3 is 2.24 bits per heavy atom. The highest BCUT2D eigenvalue weighted by molar-refractivity contribution is 7.89. The van der Waals surface area contributed by atoms with Crippen molar-refractivity contribution >= 4 is 27.5 Å². The van der Waals surface area contributed by atoms with Gasteiger partial charge < -0.3 is 5.32 Å². The van der Waals surface area contributed by atoms with Gasteiger partial charge in [-0.2, -0.15) is 4.31 Å². The predicted octanol–water partition coefficient (Wildman–Crippen LogP) is 3.47. The van der Waals surface area contributed by atoms with Crippen LogP contribution in [-0.2, 0) is 19.6 Å². The molecule has 0 radical (unpaired) electrons. The molecular weight excluding hydrogens is 450 g/mol. The van der Waals surface area contributed by atoms with Gasteiger partial charge in [0.05, 0.1) is 11.4 Å². The molecule has 7 nitrogen and oxygen atoms in total. The third-order valence-electron chi connectivity index (χ3n) is 6.97. The predicted molar refractivity (Wildman–Crippen MR) is 132 cm³/mol. The summed E-state index contributed by atoms with van der Waals surface area (Å²) >= 11 is 0. The zero-order valence-corrected chi connectivity index (χ0v) is 21.1. The highest BCUT2D eigenvalue weighted by atomic mass is 32.2. The lowest BCUT2D eigenvalue weighted by molar-refractivity contribution is -0.133. The summed E-state index contributed by atoms with van der Waals surface area (Å²) in [5, 5.41) is 3.11. The Bertz CT molecular complexity index is 1200. The Morgan fingerprint density at radius 1 is 1.00 bits per heavy atom. The van der Waals surface area contributed by atoms with Gasteiger partial charge in [0, 0.05) is 18.3 Å². The largest absolute Gasteiger partial charge is 0.351 e. The molecule has 2 amide bonds. The molecule has 182 valence electrons. The van der Waals surface area contributed by atoms with Crippen LogP contribution in [0.25, 0.3) is 0 Å². The lowest BCUT2D eigenvalue weighted by atomic mass is 9.93. The first kappa shape index (κ1) is 24.4. The minimum Gasteiger partial charge on any atom is -0.351 e. The van der Waals surface area contributed by atoms with Crippen molar-refractivity contribution in [3.8, 4) is 0 Å². The number of hydrogen-bond donors (Lipinski definition) is 1. The first-order valence-electron chi connectivity index (χ1n) is 11.8. The number of amides is 2. The number of rotatable bonds is 5. The number of nitrogens with zero attached hydrogens (tertiary/aromatic N) is 2. The summed E-state index contributed by atoms with van der Waals surface area (Å²) < 4.78 is 28.1. The third kappa shape index (κ3) is 4.49. The van der Waals surface area contributed by atoms with E-state index in [1.165, 1.54) is 4.90 Å². The average Bonchev–Trinajstić information content (AvgIpc) is 3.28.